The van der Waals surface area contributed by atoms with Crippen molar-refractivity contribution >= 4 is 11.1 Å². The molecule has 3 rings (SSSR count). The van der Waals surface area contributed by atoms with E-state index in [-0.39, 0.29) is 0 Å². The van der Waals surface area contributed by atoms with Gasteiger partial charge in [0.1, 0.15) is 5.52 Å². The minimum absolute atomic E-state index is 0.346. The molecule has 19 heavy (non-hydrogen) atoms. The number of aryl methyl sites for hydroxylation is 1. The summed E-state index contributed by atoms with van der Waals surface area (Å²) in [6.45, 7) is 5.33. The van der Waals surface area contributed by atoms with E-state index in [4.69, 9.17) is 4.42 Å². The predicted molar refractivity (Wildman–Crippen MR) is 77.4 cm³/mol. The molecule has 0 bridgehead atoms. The molecule has 0 amide bonds. The maximum absolute atomic E-state index is 5.80. The van der Waals surface area contributed by atoms with Gasteiger partial charge in [-0.3, -0.25) is 0 Å². The number of fused-ring (bicyclic) bond motifs is 1. The topological polar surface area (TPSA) is 38.1 Å². The van der Waals surface area contributed by atoms with Crippen LogP contribution >= 0.6 is 0 Å². The van der Waals surface area contributed by atoms with E-state index in [1.807, 2.05) is 0 Å². The lowest BCUT2D eigenvalue weighted by molar-refractivity contribution is 0.501. The minimum Gasteiger partial charge on any atom is -0.440 e. The van der Waals surface area contributed by atoms with Crippen LogP contribution in [0.2, 0.25) is 0 Å². The van der Waals surface area contributed by atoms with E-state index in [0.717, 1.165) is 36.0 Å². The number of aromatic nitrogens is 1. The zero-order valence-electron chi connectivity index (χ0n) is 11.8. The Labute approximate surface area is 114 Å². The predicted octanol–water partition coefficient (Wildman–Crippen LogP) is 3.64. The second-order valence-corrected chi connectivity index (χ2v) is 5.84. The molecule has 1 aliphatic carbocycles. The summed E-state index contributed by atoms with van der Waals surface area (Å²) in [4.78, 5) is 4.50. The number of hydrogen-bond donors (Lipinski definition) is 1. The Bertz CT molecular complexity index is 555. The van der Waals surface area contributed by atoms with Crippen molar-refractivity contribution in [2.75, 3.05) is 6.54 Å². The summed E-state index contributed by atoms with van der Waals surface area (Å²) in [6, 6.07) is 7.21. The maximum atomic E-state index is 5.80. The van der Waals surface area contributed by atoms with Crippen molar-refractivity contribution in [1.82, 2.24) is 10.3 Å². The van der Waals surface area contributed by atoms with Crippen LogP contribution in [0, 0.1) is 0 Å². The zero-order chi connectivity index (χ0) is 13.2. The van der Waals surface area contributed by atoms with Crippen LogP contribution in [-0.2, 0) is 6.42 Å². The number of nitrogens with zero attached hydrogens (tertiary/aromatic N) is 1. The summed E-state index contributed by atoms with van der Waals surface area (Å²) in [5, 5.41) is 3.55. The van der Waals surface area contributed by atoms with Gasteiger partial charge in [0, 0.05) is 12.0 Å². The van der Waals surface area contributed by atoms with Crippen LogP contribution in [0.15, 0.2) is 22.6 Å². The fourth-order valence-corrected chi connectivity index (χ4v) is 2.28. The third kappa shape index (κ3) is 3.16. The van der Waals surface area contributed by atoms with Crippen molar-refractivity contribution in [1.29, 1.82) is 0 Å². The standard InChI is InChI=1S/C16H22N2O/c1-11(2)16-18-14-8-5-12(10-15(14)19-16)4-3-9-17-13-6-7-13/h5,8,10-11,13,17H,3-4,6-7,9H2,1-2H3. The highest BCUT2D eigenvalue weighted by molar-refractivity contribution is 5.73. The molecule has 1 fully saturated rings. The van der Waals surface area contributed by atoms with E-state index >= 15 is 0 Å². The molecule has 1 aliphatic rings. The normalized spacial score (nSPS) is 15.5. The average Bonchev–Trinajstić information content (AvgIpc) is 3.11. The van der Waals surface area contributed by atoms with Crippen LogP contribution in [0.25, 0.3) is 11.1 Å². The minimum atomic E-state index is 0.346. The van der Waals surface area contributed by atoms with Gasteiger partial charge in [-0.05, 0) is 49.9 Å². The van der Waals surface area contributed by atoms with Crippen molar-refractivity contribution in [3.63, 3.8) is 0 Å². The summed E-state index contributed by atoms with van der Waals surface area (Å²) >= 11 is 0. The van der Waals surface area contributed by atoms with Crippen LogP contribution in [-0.4, -0.2) is 17.6 Å². The first-order valence-electron chi connectivity index (χ1n) is 7.35. The van der Waals surface area contributed by atoms with Gasteiger partial charge in [-0.2, -0.15) is 0 Å². The van der Waals surface area contributed by atoms with E-state index in [9.17, 15) is 0 Å². The largest absolute Gasteiger partial charge is 0.440 e. The van der Waals surface area contributed by atoms with Crippen molar-refractivity contribution in [3.8, 4) is 0 Å². The summed E-state index contributed by atoms with van der Waals surface area (Å²) in [6.07, 6.45) is 5.02. The van der Waals surface area contributed by atoms with Crippen LogP contribution in [0.5, 0.6) is 0 Å². The summed E-state index contributed by atoms with van der Waals surface area (Å²) < 4.78 is 5.80. The monoisotopic (exact) mass is 258 g/mol. The van der Waals surface area contributed by atoms with Crippen molar-refractivity contribution in [2.45, 2.75) is 51.5 Å². The molecule has 0 unspecified atom stereocenters. The fraction of sp³-hybridized carbons (Fsp3) is 0.562. The smallest absolute Gasteiger partial charge is 0.198 e. The van der Waals surface area contributed by atoms with Crippen LogP contribution in [0.4, 0.5) is 0 Å². The number of oxazole rings is 1. The highest BCUT2D eigenvalue weighted by Crippen LogP contribution is 2.22. The molecule has 0 saturated heterocycles. The van der Waals surface area contributed by atoms with Gasteiger partial charge in [0.05, 0.1) is 0 Å². The Balaban J connectivity index is 1.62. The van der Waals surface area contributed by atoms with Gasteiger partial charge in [0.25, 0.3) is 0 Å². The van der Waals surface area contributed by atoms with E-state index in [1.54, 1.807) is 0 Å². The van der Waals surface area contributed by atoms with Gasteiger partial charge in [0.15, 0.2) is 11.5 Å². The van der Waals surface area contributed by atoms with Gasteiger partial charge in [-0.1, -0.05) is 19.9 Å². The second-order valence-electron chi connectivity index (χ2n) is 5.84. The number of benzene rings is 1. The lowest BCUT2D eigenvalue weighted by Crippen LogP contribution is -2.17. The zero-order valence-corrected chi connectivity index (χ0v) is 11.8. The fourth-order valence-electron chi connectivity index (χ4n) is 2.28. The number of nitrogens with one attached hydrogen (secondary N) is 1. The van der Waals surface area contributed by atoms with Crippen molar-refractivity contribution in [2.24, 2.45) is 0 Å². The quantitative estimate of drug-likeness (QED) is 0.804. The average molecular weight is 258 g/mol. The molecule has 1 heterocycles. The van der Waals surface area contributed by atoms with Gasteiger partial charge in [-0.15, -0.1) is 0 Å². The first-order valence-corrected chi connectivity index (χ1v) is 7.35. The Morgan fingerprint density at radius 2 is 2.21 bits per heavy atom. The van der Waals surface area contributed by atoms with Gasteiger partial charge >= 0.3 is 0 Å². The lowest BCUT2D eigenvalue weighted by Gasteiger charge is -2.02. The molecule has 102 valence electrons. The van der Waals surface area contributed by atoms with Crippen LogP contribution in [0.1, 0.15) is 50.5 Å². The summed E-state index contributed by atoms with van der Waals surface area (Å²) in [5.41, 5.74) is 3.25. The van der Waals surface area contributed by atoms with Crippen molar-refractivity contribution in [3.05, 3.63) is 29.7 Å². The molecule has 0 spiro atoms. The Morgan fingerprint density at radius 1 is 1.37 bits per heavy atom. The lowest BCUT2D eigenvalue weighted by atomic mass is 10.1. The third-order valence-electron chi connectivity index (χ3n) is 3.62. The molecule has 3 nitrogen and oxygen atoms in total. The van der Waals surface area contributed by atoms with Crippen LogP contribution < -0.4 is 5.32 Å². The molecule has 2 aromatic rings. The number of hydrogen-bond acceptors (Lipinski definition) is 3. The highest BCUT2D eigenvalue weighted by atomic mass is 16.3. The molecule has 0 atom stereocenters. The van der Waals surface area contributed by atoms with Gasteiger partial charge in [-0.25, -0.2) is 4.98 Å². The molecular weight excluding hydrogens is 236 g/mol. The molecule has 1 aromatic heterocycles. The molecule has 0 aliphatic heterocycles. The van der Waals surface area contributed by atoms with Crippen LogP contribution in [0.3, 0.4) is 0 Å². The number of rotatable bonds is 6. The van der Waals surface area contributed by atoms with Gasteiger partial charge in [0.2, 0.25) is 0 Å². The van der Waals surface area contributed by atoms with E-state index in [2.05, 4.69) is 42.3 Å². The van der Waals surface area contributed by atoms with E-state index in [0.29, 0.717) is 5.92 Å². The highest BCUT2D eigenvalue weighted by Gasteiger charge is 2.19. The Kier molecular flexibility index (Phi) is 3.56. The molecule has 1 aromatic carbocycles. The van der Waals surface area contributed by atoms with Gasteiger partial charge < -0.3 is 9.73 Å². The first-order chi connectivity index (χ1) is 9.22. The summed E-state index contributed by atoms with van der Waals surface area (Å²) in [7, 11) is 0. The Hall–Kier alpha value is -1.35. The first kappa shape index (κ1) is 12.7. The third-order valence-corrected chi connectivity index (χ3v) is 3.62. The SMILES string of the molecule is CC(C)c1nc2ccc(CCCNC3CC3)cc2o1. The molecular formula is C16H22N2O. The maximum Gasteiger partial charge on any atom is 0.198 e. The Morgan fingerprint density at radius 3 is 2.95 bits per heavy atom. The molecule has 1 N–H and O–H groups in total. The van der Waals surface area contributed by atoms with E-state index < -0.39 is 0 Å². The van der Waals surface area contributed by atoms with E-state index in [1.165, 1.54) is 24.8 Å². The summed E-state index contributed by atoms with van der Waals surface area (Å²) in [5.74, 6) is 1.18. The van der Waals surface area contributed by atoms with Crippen molar-refractivity contribution < 1.29 is 4.42 Å². The second kappa shape index (κ2) is 5.33. The molecule has 0 radical (unpaired) electrons. The molecule has 3 heteroatoms. The molecule has 1 saturated carbocycles.